The van der Waals surface area contributed by atoms with E-state index < -0.39 is 18.5 Å². The summed E-state index contributed by atoms with van der Waals surface area (Å²) in [5.74, 6) is -0.208. The molecular weight excluding hydrogens is 428 g/mol. The summed E-state index contributed by atoms with van der Waals surface area (Å²) in [6, 6.07) is 20.7. The average molecular weight is 455 g/mol. The first kappa shape index (κ1) is 24.4. The quantitative estimate of drug-likeness (QED) is 0.203. The Morgan fingerprint density at radius 3 is 1.88 bits per heavy atom. The summed E-state index contributed by atoms with van der Waals surface area (Å²) in [6.07, 6.45) is 3.95. The van der Waals surface area contributed by atoms with Gasteiger partial charge in [-0.15, -0.1) is 0 Å². The van der Waals surface area contributed by atoms with E-state index in [4.69, 9.17) is 14.6 Å². The maximum Gasteiger partial charge on any atom is 0.341 e. The minimum absolute atomic E-state index is 0.00442. The third-order valence-electron chi connectivity index (χ3n) is 5.02. The monoisotopic (exact) mass is 454 g/mol. The summed E-state index contributed by atoms with van der Waals surface area (Å²) < 4.78 is 10.4. The van der Waals surface area contributed by atoms with E-state index >= 15 is 0 Å². The predicted molar refractivity (Wildman–Crippen MR) is 134 cm³/mol. The van der Waals surface area contributed by atoms with E-state index in [0.29, 0.717) is 17.1 Å². The molecule has 0 bridgehead atoms. The second-order valence-corrected chi connectivity index (χ2v) is 7.82. The number of rotatable bonds is 8. The van der Waals surface area contributed by atoms with Crippen molar-refractivity contribution in [3.63, 3.8) is 0 Å². The molecule has 0 radical (unpaired) electrons. The summed E-state index contributed by atoms with van der Waals surface area (Å²) in [7, 11) is 0. The van der Waals surface area contributed by atoms with Crippen molar-refractivity contribution in [3.05, 3.63) is 108 Å². The first-order chi connectivity index (χ1) is 16.3. The van der Waals surface area contributed by atoms with Crippen molar-refractivity contribution in [2.75, 3.05) is 6.61 Å². The van der Waals surface area contributed by atoms with Crippen LogP contribution in [0, 0.1) is 6.92 Å². The Hall–Kier alpha value is -4.22. The molecule has 0 aliphatic carbocycles. The number of aryl methyl sites for hydroxylation is 1. The summed E-state index contributed by atoms with van der Waals surface area (Å²) in [5.41, 5.74) is 5.45. The van der Waals surface area contributed by atoms with Crippen molar-refractivity contribution >= 4 is 24.1 Å². The number of aliphatic hydroxyl groups is 1. The molecule has 0 saturated heterocycles. The van der Waals surface area contributed by atoms with Gasteiger partial charge in [-0.2, -0.15) is 0 Å². The van der Waals surface area contributed by atoms with E-state index in [1.54, 1.807) is 25.1 Å². The van der Waals surface area contributed by atoms with E-state index in [9.17, 15) is 9.59 Å². The zero-order chi connectivity index (χ0) is 24.7. The molecule has 0 unspecified atom stereocenters. The highest BCUT2D eigenvalue weighted by molar-refractivity contribution is 5.90. The van der Waals surface area contributed by atoms with Gasteiger partial charge in [0.05, 0.1) is 12.2 Å². The first-order valence-electron chi connectivity index (χ1n) is 10.6. The van der Waals surface area contributed by atoms with E-state index in [0.717, 1.165) is 27.8 Å². The number of hydrogen-bond acceptors (Lipinski definition) is 5. The van der Waals surface area contributed by atoms with Crippen LogP contribution in [0.2, 0.25) is 0 Å². The topological polar surface area (TPSA) is 72.8 Å². The lowest BCUT2D eigenvalue weighted by Crippen LogP contribution is -2.12. The normalized spacial score (nSPS) is 10.7. The molecule has 172 valence electrons. The number of carbonyl (C=O) groups excluding carboxylic acids is 2. The van der Waals surface area contributed by atoms with Crippen LogP contribution >= 0.6 is 0 Å². The van der Waals surface area contributed by atoms with Gasteiger partial charge in [0.15, 0.2) is 0 Å². The third-order valence-corrected chi connectivity index (χ3v) is 5.02. The van der Waals surface area contributed by atoms with Crippen LogP contribution in [-0.2, 0) is 9.59 Å². The molecule has 0 amide bonds. The van der Waals surface area contributed by atoms with Crippen LogP contribution in [0.1, 0.15) is 23.6 Å². The van der Waals surface area contributed by atoms with E-state index in [1.807, 2.05) is 67.6 Å². The van der Waals surface area contributed by atoms with Crippen molar-refractivity contribution in [2.45, 2.75) is 13.8 Å². The molecule has 0 heterocycles. The van der Waals surface area contributed by atoms with Crippen molar-refractivity contribution in [1.29, 1.82) is 0 Å². The molecule has 3 aromatic rings. The van der Waals surface area contributed by atoms with Crippen molar-refractivity contribution in [2.24, 2.45) is 0 Å². The highest BCUT2D eigenvalue weighted by Crippen LogP contribution is 2.28. The number of hydrogen-bond donors (Lipinski definition) is 1. The molecule has 3 rings (SSSR count). The molecule has 0 fully saturated rings. The second-order valence-electron chi connectivity index (χ2n) is 7.82. The maximum atomic E-state index is 11.7. The van der Waals surface area contributed by atoms with Gasteiger partial charge in [0, 0.05) is 5.57 Å². The summed E-state index contributed by atoms with van der Waals surface area (Å²) in [6.45, 7) is 10.2. The SMILES string of the molecule is C=C(C)C(=O)Oc1ccc(-c2ccc(/C=C/c3ccc(OC(=O)C(=C)CO)cc3)cc2)c(C)c1. The lowest BCUT2D eigenvalue weighted by Gasteiger charge is -2.10. The number of carbonyl (C=O) groups is 2. The molecule has 34 heavy (non-hydrogen) atoms. The second kappa shape index (κ2) is 11.1. The molecule has 0 spiro atoms. The predicted octanol–water partition coefficient (Wildman–Crippen LogP) is 5.77. The van der Waals surface area contributed by atoms with E-state index in [1.165, 1.54) is 0 Å². The molecular formula is C29H26O5. The standard InChI is InChI=1S/C29H26O5/c1-19(2)28(31)34-26-15-16-27(20(3)17-26)24-11-7-22(8-12-24)5-6-23-9-13-25(14-10-23)33-29(32)21(4)18-30/h5-17,30H,1,4,18H2,2-3H3/b6-5+. The third kappa shape index (κ3) is 6.40. The van der Waals surface area contributed by atoms with E-state index in [-0.39, 0.29) is 5.57 Å². The van der Waals surface area contributed by atoms with Crippen molar-refractivity contribution in [3.8, 4) is 22.6 Å². The molecule has 0 saturated carbocycles. The van der Waals surface area contributed by atoms with Crippen molar-refractivity contribution < 1.29 is 24.2 Å². The maximum absolute atomic E-state index is 11.7. The van der Waals surface area contributed by atoms with Gasteiger partial charge in [-0.05, 0) is 65.9 Å². The molecule has 0 aliphatic heterocycles. The zero-order valence-electron chi connectivity index (χ0n) is 19.2. The highest BCUT2D eigenvalue weighted by atomic mass is 16.5. The molecule has 5 nitrogen and oxygen atoms in total. The summed E-state index contributed by atoms with van der Waals surface area (Å²) in [5, 5.41) is 8.93. The summed E-state index contributed by atoms with van der Waals surface area (Å²) >= 11 is 0. The number of esters is 2. The van der Waals surface area contributed by atoms with Gasteiger partial charge < -0.3 is 14.6 Å². The zero-order valence-corrected chi connectivity index (χ0v) is 19.2. The lowest BCUT2D eigenvalue weighted by molar-refractivity contribution is -0.131. The fourth-order valence-electron chi connectivity index (χ4n) is 3.07. The fraction of sp³-hybridized carbons (Fsp3) is 0.103. The summed E-state index contributed by atoms with van der Waals surface area (Å²) in [4.78, 5) is 23.4. The number of ether oxygens (including phenoxy) is 2. The lowest BCUT2D eigenvalue weighted by atomic mass is 9.99. The van der Waals surface area contributed by atoms with Crippen LogP contribution < -0.4 is 9.47 Å². The Morgan fingerprint density at radius 2 is 1.35 bits per heavy atom. The van der Waals surface area contributed by atoms with Crippen LogP contribution in [0.3, 0.4) is 0 Å². The minimum Gasteiger partial charge on any atom is -0.423 e. The molecule has 3 aromatic carbocycles. The van der Waals surface area contributed by atoms with E-state index in [2.05, 4.69) is 13.2 Å². The fourth-order valence-corrected chi connectivity index (χ4v) is 3.07. The van der Waals surface area contributed by atoms with Crippen molar-refractivity contribution in [1.82, 2.24) is 0 Å². The number of aliphatic hydroxyl groups excluding tert-OH is 1. The molecule has 0 aromatic heterocycles. The number of benzene rings is 3. The Morgan fingerprint density at radius 1 is 0.824 bits per heavy atom. The van der Waals surface area contributed by atoms with Crippen LogP contribution in [0.15, 0.2) is 91.0 Å². The van der Waals surface area contributed by atoms with Gasteiger partial charge in [0.25, 0.3) is 0 Å². The largest absolute Gasteiger partial charge is 0.423 e. The van der Waals surface area contributed by atoms with Crippen LogP contribution in [0.5, 0.6) is 11.5 Å². The Bertz CT molecular complexity index is 1250. The molecule has 1 N–H and O–H groups in total. The van der Waals surface area contributed by atoms with Gasteiger partial charge in [-0.25, -0.2) is 9.59 Å². The molecule has 0 aliphatic rings. The van der Waals surface area contributed by atoms with Gasteiger partial charge in [-0.1, -0.05) is 67.8 Å². The Labute approximate surface area is 199 Å². The molecule has 5 heteroatoms. The smallest absolute Gasteiger partial charge is 0.341 e. The van der Waals surface area contributed by atoms with Gasteiger partial charge >= 0.3 is 11.9 Å². The highest BCUT2D eigenvalue weighted by Gasteiger charge is 2.09. The molecule has 0 atom stereocenters. The van der Waals surface area contributed by atoms with Crippen LogP contribution in [0.25, 0.3) is 23.3 Å². The first-order valence-corrected chi connectivity index (χ1v) is 10.6. The van der Waals surface area contributed by atoms with Gasteiger partial charge in [0.2, 0.25) is 0 Å². The Kier molecular flexibility index (Phi) is 7.96. The minimum atomic E-state index is -0.649. The van der Waals surface area contributed by atoms with Gasteiger partial charge in [0.1, 0.15) is 11.5 Å². The average Bonchev–Trinajstić information content (AvgIpc) is 2.83. The van der Waals surface area contributed by atoms with Crippen LogP contribution in [-0.4, -0.2) is 23.7 Å². The van der Waals surface area contributed by atoms with Crippen LogP contribution in [0.4, 0.5) is 0 Å². The Balaban J connectivity index is 1.65. The van der Waals surface area contributed by atoms with Gasteiger partial charge in [-0.3, -0.25) is 0 Å².